The molecular weight excluding hydrogens is 408 g/mol. The summed E-state index contributed by atoms with van der Waals surface area (Å²) in [6.45, 7) is 5.33. The van der Waals surface area contributed by atoms with E-state index in [-0.39, 0.29) is 23.8 Å². The molecule has 0 bridgehead atoms. The van der Waals surface area contributed by atoms with Crippen molar-refractivity contribution in [3.8, 4) is 0 Å². The van der Waals surface area contributed by atoms with E-state index in [9.17, 15) is 19.5 Å². The molecule has 0 radical (unpaired) electrons. The van der Waals surface area contributed by atoms with Gasteiger partial charge in [-0.3, -0.25) is 14.2 Å². The number of fused-ring (bicyclic) bond motifs is 2. The molecule has 2 N–H and O–H groups in total. The van der Waals surface area contributed by atoms with E-state index in [4.69, 9.17) is 4.74 Å². The van der Waals surface area contributed by atoms with Crippen molar-refractivity contribution in [2.45, 2.75) is 32.5 Å². The molecule has 1 aliphatic rings. The number of hydrogen-bond donors (Lipinski definition) is 2. The fraction of sp³-hybridized carbons (Fsp3) is 0.240. The number of aliphatic hydroxyl groups excluding tert-OH is 1. The van der Waals surface area contributed by atoms with Crippen molar-refractivity contribution in [2.75, 3.05) is 6.54 Å². The van der Waals surface area contributed by atoms with Crippen LogP contribution >= 0.6 is 0 Å². The average molecular weight is 432 g/mol. The molecule has 1 aromatic heterocycles. The molecule has 0 fully saturated rings. The normalized spacial score (nSPS) is 14.7. The minimum atomic E-state index is -1.04. The number of ketones is 2. The Morgan fingerprint density at radius 1 is 1.06 bits per heavy atom. The van der Waals surface area contributed by atoms with E-state index in [0.29, 0.717) is 27.6 Å². The smallest absolute Gasteiger partial charge is 0.419 e. The van der Waals surface area contributed by atoms with Crippen LogP contribution in [0.25, 0.3) is 10.9 Å². The lowest BCUT2D eigenvalue weighted by atomic mass is 9.92. The highest BCUT2D eigenvalue weighted by molar-refractivity contribution is 6.24. The Labute approximate surface area is 185 Å². The molecule has 0 aliphatic heterocycles. The summed E-state index contributed by atoms with van der Waals surface area (Å²) < 4.78 is 6.84. The molecule has 7 heteroatoms. The molecule has 3 aromatic rings. The molecule has 7 nitrogen and oxygen atoms in total. The summed E-state index contributed by atoms with van der Waals surface area (Å²) in [6, 6.07) is 13.8. The zero-order valence-corrected chi connectivity index (χ0v) is 18.1. The SMILES string of the molecule is CC(C)(C)OC(=O)n1cc(C(O)CNC2=CC(=O)c3ccccc3C2=O)c2ccccc21. The van der Waals surface area contributed by atoms with E-state index in [0.717, 1.165) is 0 Å². The van der Waals surface area contributed by atoms with Crippen LogP contribution in [0.2, 0.25) is 0 Å². The van der Waals surface area contributed by atoms with Crippen LogP contribution in [0.5, 0.6) is 0 Å². The summed E-state index contributed by atoms with van der Waals surface area (Å²) in [6.07, 6.45) is 1.21. The van der Waals surface area contributed by atoms with E-state index >= 15 is 0 Å². The van der Waals surface area contributed by atoms with Gasteiger partial charge in [0.1, 0.15) is 5.60 Å². The summed E-state index contributed by atoms with van der Waals surface area (Å²) in [5.41, 5.74) is 1.27. The van der Waals surface area contributed by atoms with Gasteiger partial charge in [0.15, 0.2) is 5.78 Å². The summed E-state index contributed by atoms with van der Waals surface area (Å²) in [4.78, 5) is 37.7. The number of benzene rings is 2. The number of rotatable bonds is 4. The number of nitrogens with one attached hydrogen (secondary N) is 1. The molecular formula is C25H24N2O5. The molecule has 0 saturated heterocycles. The number of aromatic nitrogens is 1. The Balaban J connectivity index is 1.58. The van der Waals surface area contributed by atoms with Crippen molar-refractivity contribution in [3.05, 3.63) is 83.2 Å². The molecule has 164 valence electrons. The standard InChI is InChI=1S/C25H24N2O5/c1-25(2,3)32-24(31)27-14-18(15-8-6-7-11-20(15)27)22(29)13-26-19-12-21(28)16-9-4-5-10-17(16)23(19)30/h4-12,14,22,26,29H,13H2,1-3H3. The van der Waals surface area contributed by atoms with Crippen LogP contribution in [0.3, 0.4) is 0 Å². The number of nitrogens with zero attached hydrogens (tertiary/aromatic N) is 1. The second-order valence-electron chi connectivity index (χ2n) is 8.65. The number of hydrogen-bond acceptors (Lipinski definition) is 6. The van der Waals surface area contributed by atoms with Gasteiger partial charge in [-0.2, -0.15) is 0 Å². The Kier molecular flexibility index (Phi) is 5.44. The zero-order chi connectivity index (χ0) is 23.0. The third kappa shape index (κ3) is 4.07. The second kappa shape index (κ2) is 8.09. The Bertz CT molecular complexity index is 1260. The first-order valence-corrected chi connectivity index (χ1v) is 10.3. The third-order valence-corrected chi connectivity index (χ3v) is 5.14. The van der Waals surface area contributed by atoms with Crippen molar-refractivity contribution in [1.29, 1.82) is 0 Å². The lowest BCUT2D eigenvalue weighted by Crippen LogP contribution is -2.29. The minimum absolute atomic E-state index is 0.0185. The largest absolute Gasteiger partial charge is 0.443 e. The maximum atomic E-state index is 12.7. The number of Topliss-reactive ketones (excluding diaryl/α,β-unsaturated/α-hetero) is 1. The van der Waals surface area contributed by atoms with Gasteiger partial charge < -0.3 is 15.2 Å². The van der Waals surface area contributed by atoms with Gasteiger partial charge in [-0.25, -0.2) is 4.79 Å². The van der Waals surface area contributed by atoms with Crippen LogP contribution in [0.15, 0.2) is 66.5 Å². The zero-order valence-electron chi connectivity index (χ0n) is 18.1. The monoisotopic (exact) mass is 432 g/mol. The summed E-state index contributed by atoms with van der Waals surface area (Å²) in [7, 11) is 0. The van der Waals surface area contributed by atoms with Crippen molar-refractivity contribution >= 4 is 28.6 Å². The average Bonchev–Trinajstić information content (AvgIpc) is 3.14. The fourth-order valence-electron chi connectivity index (χ4n) is 3.70. The van der Waals surface area contributed by atoms with Gasteiger partial charge in [-0.15, -0.1) is 0 Å². The van der Waals surface area contributed by atoms with E-state index in [1.54, 1.807) is 69.4 Å². The lowest BCUT2D eigenvalue weighted by Gasteiger charge is -2.19. The first-order valence-electron chi connectivity index (χ1n) is 10.3. The Hall–Kier alpha value is -3.71. The van der Waals surface area contributed by atoms with E-state index in [1.807, 2.05) is 6.07 Å². The highest BCUT2D eigenvalue weighted by Gasteiger charge is 2.27. The molecule has 1 unspecified atom stereocenters. The van der Waals surface area contributed by atoms with Crippen molar-refractivity contribution < 1.29 is 24.2 Å². The first kappa shape index (κ1) is 21.5. The van der Waals surface area contributed by atoms with Crippen LogP contribution in [0.1, 0.15) is 53.2 Å². The molecule has 32 heavy (non-hydrogen) atoms. The molecule has 1 aliphatic carbocycles. The van der Waals surface area contributed by atoms with Gasteiger partial charge in [-0.05, 0) is 26.8 Å². The summed E-state index contributed by atoms with van der Waals surface area (Å²) in [5.74, 6) is -0.567. The van der Waals surface area contributed by atoms with Gasteiger partial charge in [0, 0.05) is 40.9 Å². The number of ether oxygens (including phenoxy) is 1. The molecule has 0 saturated carbocycles. The second-order valence-corrected chi connectivity index (χ2v) is 8.65. The first-order chi connectivity index (χ1) is 15.2. The highest BCUT2D eigenvalue weighted by atomic mass is 16.6. The predicted molar refractivity (Wildman–Crippen MR) is 120 cm³/mol. The van der Waals surface area contributed by atoms with Gasteiger partial charge in [0.2, 0.25) is 5.78 Å². The topological polar surface area (TPSA) is 97.6 Å². The van der Waals surface area contributed by atoms with E-state index in [2.05, 4.69) is 5.32 Å². The number of carbonyl (C=O) groups excluding carboxylic acids is 3. The summed E-state index contributed by atoms with van der Waals surface area (Å²) in [5, 5.41) is 14.5. The third-order valence-electron chi connectivity index (χ3n) is 5.14. The maximum Gasteiger partial charge on any atom is 0.419 e. The number of carbonyl (C=O) groups is 3. The van der Waals surface area contributed by atoms with Crippen LogP contribution in [-0.4, -0.2) is 39.5 Å². The van der Waals surface area contributed by atoms with Gasteiger partial charge >= 0.3 is 6.09 Å². The Morgan fingerprint density at radius 3 is 2.44 bits per heavy atom. The maximum absolute atomic E-state index is 12.7. The number of aliphatic hydroxyl groups is 1. The van der Waals surface area contributed by atoms with Crippen LogP contribution < -0.4 is 5.32 Å². The quantitative estimate of drug-likeness (QED) is 0.647. The van der Waals surface area contributed by atoms with Gasteiger partial charge in [0.05, 0.1) is 17.3 Å². The van der Waals surface area contributed by atoms with Crippen molar-refractivity contribution in [1.82, 2.24) is 9.88 Å². The molecule has 0 amide bonds. The number of allylic oxidation sites excluding steroid dienone is 2. The minimum Gasteiger partial charge on any atom is -0.443 e. The molecule has 2 aromatic carbocycles. The molecule has 4 rings (SSSR count). The highest BCUT2D eigenvalue weighted by Crippen LogP contribution is 2.28. The van der Waals surface area contributed by atoms with Gasteiger partial charge in [0.25, 0.3) is 0 Å². The lowest BCUT2D eigenvalue weighted by molar-refractivity contribution is 0.0543. The van der Waals surface area contributed by atoms with Crippen LogP contribution in [0, 0.1) is 0 Å². The van der Waals surface area contributed by atoms with Crippen LogP contribution in [-0.2, 0) is 4.74 Å². The summed E-state index contributed by atoms with van der Waals surface area (Å²) >= 11 is 0. The fourth-order valence-corrected chi connectivity index (χ4v) is 3.70. The van der Waals surface area contributed by atoms with Gasteiger partial charge in [-0.1, -0.05) is 42.5 Å². The molecule has 1 atom stereocenters. The number of para-hydroxylation sites is 1. The Morgan fingerprint density at radius 2 is 1.72 bits per heavy atom. The van der Waals surface area contributed by atoms with E-state index in [1.165, 1.54) is 10.6 Å². The predicted octanol–water partition coefficient (Wildman–Crippen LogP) is 4.01. The van der Waals surface area contributed by atoms with Crippen molar-refractivity contribution in [2.24, 2.45) is 0 Å². The van der Waals surface area contributed by atoms with E-state index < -0.39 is 17.8 Å². The van der Waals surface area contributed by atoms with Crippen LogP contribution in [0.4, 0.5) is 4.79 Å². The molecule has 0 spiro atoms. The van der Waals surface area contributed by atoms with Crippen molar-refractivity contribution in [3.63, 3.8) is 0 Å². The molecule has 1 heterocycles.